The molecule has 1 heterocycles. The maximum Gasteiger partial charge on any atom is 0.152 e. The standard InChI is InChI=1S/C13H13BrClN3/c1-2-5-17-13-12(16-6-7-18-13)10-4-3-9(14)8-11(10)15/h3-4,6-8H,2,5H2,1H3,(H,17,18). The number of hydrogen-bond acceptors (Lipinski definition) is 3. The lowest BCUT2D eigenvalue weighted by Gasteiger charge is -2.10. The number of nitrogens with zero attached hydrogens (tertiary/aromatic N) is 2. The minimum Gasteiger partial charge on any atom is -0.368 e. The second-order valence-electron chi connectivity index (χ2n) is 3.80. The summed E-state index contributed by atoms with van der Waals surface area (Å²) in [6.45, 7) is 2.97. The number of hydrogen-bond donors (Lipinski definition) is 1. The zero-order valence-electron chi connectivity index (χ0n) is 9.95. The van der Waals surface area contributed by atoms with Gasteiger partial charge in [-0.3, -0.25) is 4.98 Å². The number of halogens is 2. The van der Waals surface area contributed by atoms with Crippen LogP contribution in [-0.2, 0) is 0 Å². The van der Waals surface area contributed by atoms with Gasteiger partial charge in [0.15, 0.2) is 5.82 Å². The summed E-state index contributed by atoms with van der Waals surface area (Å²) in [5.41, 5.74) is 1.66. The Labute approximate surface area is 120 Å². The zero-order valence-corrected chi connectivity index (χ0v) is 12.3. The van der Waals surface area contributed by atoms with Crippen molar-refractivity contribution in [2.45, 2.75) is 13.3 Å². The molecule has 94 valence electrons. The molecule has 0 saturated carbocycles. The van der Waals surface area contributed by atoms with Gasteiger partial charge >= 0.3 is 0 Å². The molecule has 0 aliphatic carbocycles. The average molecular weight is 327 g/mol. The summed E-state index contributed by atoms with van der Waals surface area (Å²) in [6, 6.07) is 5.74. The highest BCUT2D eigenvalue weighted by atomic mass is 79.9. The van der Waals surface area contributed by atoms with Crippen LogP contribution in [0.4, 0.5) is 5.82 Å². The number of rotatable bonds is 4. The molecule has 0 saturated heterocycles. The fraction of sp³-hybridized carbons (Fsp3) is 0.231. The Morgan fingerprint density at radius 1 is 1.28 bits per heavy atom. The lowest BCUT2D eigenvalue weighted by Crippen LogP contribution is -2.04. The van der Waals surface area contributed by atoms with Gasteiger partial charge in [-0.15, -0.1) is 0 Å². The normalized spacial score (nSPS) is 10.4. The van der Waals surface area contributed by atoms with Gasteiger partial charge in [-0.25, -0.2) is 4.98 Å². The van der Waals surface area contributed by atoms with Crippen LogP contribution in [0, 0.1) is 0 Å². The molecule has 3 nitrogen and oxygen atoms in total. The number of aromatic nitrogens is 2. The summed E-state index contributed by atoms with van der Waals surface area (Å²) in [6.07, 6.45) is 4.38. The lowest BCUT2D eigenvalue weighted by atomic mass is 10.1. The van der Waals surface area contributed by atoms with Crippen LogP contribution in [0.15, 0.2) is 35.1 Å². The monoisotopic (exact) mass is 325 g/mol. The number of benzene rings is 1. The molecule has 1 aromatic heterocycles. The SMILES string of the molecule is CCCNc1nccnc1-c1ccc(Br)cc1Cl. The molecule has 0 radical (unpaired) electrons. The lowest BCUT2D eigenvalue weighted by molar-refractivity contribution is 0.966. The summed E-state index contributed by atoms with van der Waals surface area (Å²) in [4.78, 5) is 8.68. The summed E-state index contributed by atoms with van der Waals surface area (Å²) in [5, 5.41) is 3.92. The molecule has 2 rings (SSSR count). The quantitative estimate of drug-likeness (QED) is 0.906. The van der Waals surface area contributed by atoms with Crippen LogP contribution in [-0.4, -0.2) is 16.5 Å². The molecule has 1 aromatic carbocycles. The van der Waals surface area contributed by atoms with E-state index in [1.807, 2.05) is 18.2 Å². The van der Waals surface area contributed by atoms with Gasteiger partial charge in [-0.2, -0.15) is 0 Å². The largest absolute Gasteiger partial charge is 0.368 e. The minimum absolute atomic E-state index is 0.657. The second-order valence-corrected chi connectivity index (χ2v) is 5.13. The fourth-order valence-corrected chi connectivity index (χ4v) is 2.35. The van der Waals surface area contributed by atoms with E-state index in [0.717, 1.165) is 34.5 Å². The van der Waals surface area contributed by atoms with Gasteiger partial charge in [0.25, 0.3) is 0 Å². The Morgan fingerprint density at radius 2 is 2.06 bits per heavy atom. The topological polar surface area (TPSA) is 37.8 Å². The van der Waals surface area contributed by atoms with Crippen LogP contribution in [0.2, 0.25) is 5.02 Å². The van der Waals surface area contributed by atoms with Crippen molar-refractivity contribution in [2.75, 3.05) is 11.9 Å². The van der Waals surface area contributed by atoms with E-state index in [1.165, 1.54) is 0 Å². The zero-order chi connectivity index (χ0) is 13.0. The van der Waals surface area contributed by atoms with Gasteiger partial charge in [-0.05, 0) is 18.6 Å². The molecular weight excluding hydrogens is 314 g/mol. The highest BCUT2D eigenvalue weighted by Gasteiger charge is 2.11. The molecule has 0 aliphatic heterocycles. The van der Waals surface area contributed by atoms with Gasteiger partial charge in [-0.1, -0.05) is 40.5 Å². The van der Waals surface area contributed by atoms with Crippen LogP contribution in [0.5, 0.6) is 0 Å². The van der Waals surface area contributed by atoms with E-state index in [-0.39, 0.29) is 0 Å². The van der Waals surface area contributed by atoms with E-state index in [1.54, 1.807) is 12.4 Å². The molecule has 0 unspecified atom stereocenters. The number of nitrogens with one attached hydrogen (secondary N) is 1. The minimum atomic E-state index is 0.657. The van der Waals surface area contributed by atoms with Crippen molar-refractivity contribution in [3.63, 3.8) is 0 Å². The Morgan fingerprint density at radius 3 is 2.78 bits per heavy atom. The smallest absolute Gasteiger partial charge is 0.152 e. The molecule has 0 fully saturated rings. The van der Waals surface area contributed by atoms with Crippen molar-refractivity contribution < 1.29 is 0 Å². The van der Waals surface area contributed by atoms with Gasteiger partial charge < -0.3 is 5.32 Å². The molecule has 1 N–H and O–H groups in total. The van der Waals surface area contributed by atoms with Crippen LogP contribution in [0.25, 0.3) is 11.3 Å². The van der Waals surface area contributed by atoms with E-state index in [9.17, 15) is 0 Å². The van der Waals surface area contributed by atoms with Crippen LogP contribution < -0.4 is 5.32 Å². The Kier molecular flexibility index (Phi) is 4.55. The van der Waals surface area contributed by atoms with Crippen molar-refractivity contribution in [3.05, 3.63) is 40.1 Å². The first kappa shape index (κ1) is 13.3. The van der Waals surface area contributed by atoms with E-state index in [0.29, 0.717) is 5.02 Å². The van der Waals surface area contributed by atoms with Crippen molar-refractivity contribution in [1.29, 1.82) is 0 Å². The van der Waals surface area contributed by atoms with Crippen molar-refractivity contribution >= 4 is 33.3 Å². The molecule has 2 aromatic rings. The summed E-state index contributed by atoms with van der Waals surface area (Å²) in [7, 11) is 0. The Hall–Kier alpha value is -1.13. The highest BCUT2D eigenvalue weighted by molar-refractivity contribution is 9.10. The first-order valence-corrected chi connectivity index (χ1v) is 6.89. The van der Waals surface area contributed by atoms with E-state index in [2.05, 4.69) is 38.1 Å². The summed E-state index contributed by atoms with van der Waals surface area (Å²) >= 11 is 9.64. The third kappa shape index (κ3) is 3.00. The van der Waals surface area contributed by atoms with E-state index >= 15 is 0 Å². The average Bonchev–Trinajstić information content (AvgIpc) is 2.37. The molecule has 18 heavy (non-hydrogen) atoms. The highest BCUT2D eigenvalue weighted by Crippen LogP contribution is 2.32. The molecule has 0 amide bonds. The maximum absolute atomic E-state index is 6.24. The molecule has 0 atom stereocenters. The number of anilines is 1. The van der Waals surface area contributed by atoms with Gasteiger partial charge in [0.1, 0.15) is 5.69 Å². The van der Waals surface area contributed by atoms with E-state index in [4.69, 9.17) is 11.6 Å². The van der Waals surface area contributed by atoms with Crippen molar-refractivity contribution in [3.8, 4) is 11.3 Å². The predicted octanol–water partition coefficient (Wildman–Crippen LogP) is 4.38. The van der Waals surface area contributed by atoms with Crippen LogP contribution in [0.1, 0.15) is 13.3 Å². The molecule has 5 heteroatoms. The van der Waals surface area contributed by atoms with Crippen LogP contribution in [0.3, 0.4) is 0 Å². The molecule has 0 bridgehead atoms. The Balaban J connectivity index is 2.43. The third-order valence-corrected chi connectivity index (χ3v) is 3.23. The second kappa shape index (κ2) is 6.16. The molecule has 0 aliphatic rings. The van der Waals surface area contributed by atoms with Crippen molar-refractivity contribution in [1.82, 2.24) is 9.97 Å². The molecule has 0 spiro atoms. The summed E-state index contributed by atoms with van der Waals surface area (Å²) in [5.74, 6) is 0.767. The van der Waals surface area contributed by atoms with Gasteiger partial charge in [0, 0.05) is 29.0 Å². The maximum atomic E-state index is 6.24. The van der Waals surface area contributed by atoms with Crippen LogP contribution >= 0.6 is 27.5 Å². The van der Waals surface area contributed by atoms with Crippen molar-refractivity contribution in [2.24, 2.45) is 0 Å². The third-order valence-electron chi connectivity index (χ3n) is 2.43. The Bertz CT molecular complexity index is 546. The first-order valence-electron chi connectivity index (χ1n) is 5.72. The van der Waals surface area contributed by atoms with Gasteiger partial charge in [0.2, 0.25) is 0 Å². The summed E-state index contributed by atoms with van der Waals surface area (Å²) < 4.78 is 0.947. The van der Waals surface area contributed by atoms with Gasteiger partial charge in [0.05, 0.1) is 5.02 Å². The first-order chi connectivity index (χ1) is 8.72. The van der Waals surface area contributed by atoms with E-state index < -0.39 is 0 Å². The molecular formula is C13H13BrClN3. The fourth-order valence-electron chi connectivity index (χ4n) is 1.59. The predicted molar refractivity (Wildman–Crippen MR) is 79.0 cm³/mol.